The third-order valence-electron chi connectivity index (χ3n) is 3.13. The number of nitrogens with one attached hydrogen (secondary N) is 1. The van der Waals surface area contributed by atoms with Gasteiger partial charge in [0.2, 0.25) is 5.91 Å². The lowest BCUT2D eigenvalue weighted by molar-refractivity contribution is -0.119. The van der Waals surface area contributed by atoms with E-state index in [1.54, 1.807) is 13.3 Å². The molecule has 1 unspecified atom stereocenters. The van der Waals surface area contributed by atoms with Crippen molar-refractivity contribution in [3.8, 4) is 0 Å². The number of carbonyl (C=O) groups is 1. The lowest BCUT2D eigenvalue weighted by atomic mass is 10.1. The molecule has 5 heteroatoms. The topological polar surface area (TPSA) is 64.1 Å². The number of nitrogens with zero attached hydrogens (tertiary/aromatic N) is 2. The minimum absolute atomic E-state index is 0.0364. The Bertz CT molecular complexity index is 586. The van der Waals surface area contributed by atoms with Crippen LogP contribution in [-0.4, -0.2) is 29.6 Å². The first kappa shape index (κ1) is 14.4. The van der Waals surface area contributed by atoms with Gasteiger partial charge < -0.3 is 10.1 Å². The van der Waals surface area contributed by atoms with E-state index in [1.165, 1.54) is 0 Å². The summed E-state index contributed by atoms with van der Waals surface area (Å²) in [6.07, 6.45) is 3.25. The van der Waals surface area contributed by atoms with Gasteiger partial charge in [0.25, 0.3) is 0 Å². The first-order chi connectivity index (χ1) is 9.70. The van der Waals surface area contributed by atoms with Gasteiger partial charge in [-0.1, -0.05) is 19.1 Å². The van der Waals surface area contributed by atoms with Crippen molar-refractivity contribution in [3.63, 3.8) is 0 Å². The van der Waals surface area contributed by atoms with Gasteiger partial charge in [0, 0.05) is 19.6 Å². The van der Waals surface area contributed by atoms with Gasteiger partial charge in [-0.25, -0.2) is 4.98 Å². The number of rotatable bonds is 6. The largest absolute Gasteiger partial charge is 0.385 e. The number of para-hydroxylation sites is 2. The summed E-state index contributed by atoms with van der Waals surface area (Å²) >= 11 is 0. The maximum Gasteiger partial charge on any atom is 0.228 e. The standard InChI is InChI=1S/C15H19N3O2/c1-11(6-5-9-20-2)15(19)18-14-10-16-12-7-3-4-8-13(12)17-14/h3-4,7-8,10-11H,5-6,9H2,1-2H3,(H,17,18,19). The van der Waals surface area contributed by atoms with Crippen molar-refractivity contribution in [1.29, 1.82) is 0 Å². The average molecular weight is 273 g/mol. The molecule has 0 aliphatic heterocycles. The Morgan fingerprint density at radius 2 is 2.10 bits per heavy atom. The molecular formula is C15H19N3O2. The van der Waals surface area contributed by atoms with E-state index in [1.807, 2.05) is 31.2 Å². The molecule has 1 N–H and O–H groups in total. The average Bonchev–Trinajstić information content (AvgIpc) is 2.47. The minimum Gasteiger partial charge on any atom is -0.385 e. The van der Waals surface area contributed by atoms with E-state index in [2.05, 4.69) is 15.3 Å². The number of benzene rings is 1. The van der Waals surface area contributed by atoms with Crippen LogP contribution in [0.5, 0.6) is 0 Å². The normalized spacial score (nSPS) is 12.3. The SMILES string of the molecule is COCCCC(C)C(=O)Nc1cnc2ccccc2n1. The predicted molar refractivity (Wildman–Crippen MR) is 78.4 cm³/mol. The van der Waals surface area contributed by atoms with Gasteiger partial charge in [-0.05, 0) is 25.0 Å². The fourth-order valence-electron chi connectivity index (χ4n) is 1.93. The number of methoxy groups -OCH3 is 1. The van der Waals surface area contributed by atoms with Crippen molar-refractivity contribution < 1.29 is 9.53 Å². The van der Waals surface area contributed by atoms with Crippen LogP contribution in [0.4, 0.5) is 5.82 Å². The highest BCUT2D eigenvalue weighted by molar-refractivity contribution is 5.92. The lowest BCUT2D eigenvalue weighted by Crippen LogP contribution is -2.21. The molecular weight excluding hydrogens is 254 g/mol. The Labute approximate surface area is 118 Å². The van der Waals surface area contributed by atoms with Crippen LogP contribution in [0.1, 0.15) is 19.8 Å². The highest BCUT2D eigenvalue weighted by Gasteiger charge is 2.13. The van der Waals surface area contributed by atoms with Gasteiger partial charge >= 0.3 is 0 Å². The molecule has 1 heterocycles. The maximum absolute atomic E-state index is 12.0. The van der Waals surface area contributed by atoms with E-state index < -0.39 is 0 Å². The monoisotopic (exact) mass is 273 g/mol. The number of hydrogen-bond donors (Lipinski definition) is 1. The number of amides is 1. The Morgan fingerprint density at radius 3 is 2.85 bits per heavy atom. The zero-order valence-electron chi connectivity index (χ0n) is 11.8. The lowest BCUT2D eigenvalue weighted by Gasteiger charge is -2.11. The van der Waals surface area contributed by atoms with Crippen LogP contribution in [0.15, 0.2) is 30.5 Å². The molecule has 0 saturated heterocycles. The Morgan fingerprint density at radius 1 is 1.35 bits per heavy atom. The van der Waals surface area contributed by atoms with Crippen LogP contribution in [0, 0.1) is 5.92 Å². The molecule has 1 aromatic carbocycles. The second kappa shape index (κ2) is 6.96. The van der Waals surface area contributed by atoms with E-state index in [0.717, 1.165) is 23.9 Å². The maximum atomic E-state index is 12.0. The fraction of sp³-hybridized carbons (Fsp3) is 0.400. The zero-order valence-corrected chi connectivity index (χ0v) is 11.8. The highest BCUT2D eigenvalue weighted by atomic mass is 16.5. The molecule has 0 fully saturated rings. The molecule has 0 bridgehead atoms. The third-order valence-corrected chi connectivity index (χ3v) is 3.13. The molecule has 106 valence electrons. The molecule has 5 nitrogen and oxygen atoms in total. The Kier molecular flexibility index (Phi) is 5.01. The molecule has 0 spiro atoms. The number of fused-ring (bicyclic) bond motifs is 1. The molecule has 0 aliphatic rings. The molecule has 1 amide bonds. The first-order valence-corrected chi connectivity index (χ1v) is 6.72. The summed E-state index contributed by atoms with van der Waals surface area (Å²) in [5.41, 5.74) is 1.59. The summed E-state index contributed by atoms with van der Waals surface area (Å²) in [6.45, 7) is 2.58. The molecule has 1 aromatic heterocycles. The smallest absolute Gasteiger partial charge is 0.228 e. The van der Waals surface area contributed by atoms with Crippen LogP contribution in [0.25, 0.3) is 11.0 Å². The molecule has 1 atom stereocenters. The van der Waals surface area contributed by atoms with E-state index in [0.29, 0.717) is 12.4 Å². The predicted octanol–water partition coefficient (Wildman–Crippen LogP) is 2.63. The van der Waals surface area contributed by atoms with Gasteiger partial charge in [0.15, 0.2) is 5.82 Å². The second-order valence-corrected chi connectivity index (χ2v) is 4.77. The van der Waals surface area contributed by atoms with Crippen molar-refractivity contribution >= 4 is 22.8 Å². The second-order valence-electron chi connectivity index (χ2n) is 4.77. The number of aromatic nitrogens is 2. The van der Waals surface area contributed by atoms with Gasteiger partial charge in [-0.15, -0.1) is 0 Å². The van der Waals surface area contributed by atoms with Gasteiger partial charge in [-0.2, -0.15) is 0 Å². The Hall–Kier alpha value is -2.01. The summed E-state index contributed by atoms with van der Waals surface area (Å²) in [5, 5.41) is 2.81. The number of anilines is 1. The van der Waals surface area contributed by atoms with Crippen LogP contribution >= 0.6 is 0 Å². The number of hydrogen-bond acceptors (Lipinski definition) is 4. The van der Waals surface area contributed by atoms with Gasteiger partial charge in [-0.3, -0.25) is 9.78 Å². The van der Waals surface area contributed by atoms with E-state index in [4.69, 9.17) is 4.74 Å². The van der Waals surface area contributed by atoms with Crippen molar-refractivity contribution in [2.24, 2.45) is 5.92 Å². The minimum atomic E-state index is -0.0709. The van der Waals surface area contributed by atoms with Gasteiger partial charge in [0.1, 0.15) is 0 Å². The molecule has 0 saturated carbocycles. The number of carbonyl (C=O) groups excluding carboxylic acids is 1. The van der Waals surface area contributed by atoms with Gasteiger partial charge in [0.05, 0.1) is 17.2 Å². The Balaban J connectivity index is 1.98. The molecule has 20 heavy (non-hydrogen) atoms. The molecule has 2 rings (SSSR count). The summed E-state index contributed by atoms with van der Waals surface area (Å²) < 4.78 is 4.98. The first-order valence-electron chi connectivity index (χ1n) is 6.72. The summed E-state index contributed by atoms with van der Waals surface area (Å²) in [5.74, 6) is 0.386. The van der Waals surface area contributed by atoms with Crippen LogP contribution in [0.2, 0.25) is 0 Å². The third kappa shape index (κ3) is 3.74. The zero-order chi connectivity index (χ0) is 14.4. The van der Waals surface area contributed by atoms with Crippen molar-refractivity contribution in [1.82, 2.24) is 9.97 Å². The highest BCUT2D eigenvalue weighted by Crippen LogP contribution is 2.13. The van der Waals surface area contributed by atoms with E-state index in [-0.39, 0.29) is 11.8 Å². The van der Waals surface area contributed by atoms with E-state index >= 15 is 0 Å². The molecule has 0 aliphatic carbocycles. The van der Waals surface area contributed by atoms with Crippen LogP contribution in [0.3, 0.4) is 0 Å². The molecule has 2 aromatic rings. The van der Waals surface area contributed by atoms with Crippen molar-refractivity contribution in [2.75, 3.05) is 19.0 Å². The summed E-state index contributed by atoms with van der Waals surface area (Å²) in [7, 11) is 1.66. The fourth-order valence-corrected chi connectivity index (χ4v) is 1.93. The van der Waals surface area contributed by atoms with Crippen LogP contribution < -0.4 is 5.32 Å². The van der Waals surface area contributed by atoms with E-state index in [9.17, 15) is 4.79 Å². The summed E-state index contributed by atoms with van der Waals surface area (Å²) in [4.78, 5) is 20.7. The molecule has 0 radical (unpaired) electrons. The quantitative estimate of drug-likeness (QED) is 0.822. The van der Waals surface area contributed by atoms with Crippen molar-refractivity contribution in [3.05, 3.63) is 30.5 Å². The van der Waals surface area contributed by atoms with Crippen molar-refractivity contribution in [2.45, 2.75) is 19.8 Å². The number of ether oxygens (including phenoxy) is 1. The van der Waals surface area contributed by atoms with Crippen LogP contribution in [-0.2, 0) is 9.53 Å². The summed E-state index contributed by atoms with van der Waals surface area (Å²) in [6, 6.07) is 7.57.